The first kappa shape index (κ1) is 21.7. The Hall–Kier alpha value is -3.01. The van der Waals surface area contributed by atoms with Crippen LogP contribution in [0.1, 0.15) is 46.1 Å². The molecule has 0 bridgehead atoms. The van der Waals surface area contributed by atoms with E-state index < -0.39 is 26.2 Å². The third-order valence-electron chi connectivity index (χ3n) is 4.65. The first-order chi connectivity index (χ1) is 13.9. The van der Waals surface area contributed by atoms with E-state index in [-0.39, 0.29) is 17.2 Å². The maximum absolute atomic E-state index is 12.6. The van der Waals surface area contributed by atoms with Crippen LogP contribution in [0, 0.1) is 0 Å². The van der Waals surface area contributed by atoms with Crippen LogP contribution < -0.4 is 11.0 Å². The minimum atomic E-state index is -3.74. The number of amides is 1. The van der Waals surface area contributed by atoms with E-state index in [0.29, 0.717) is 11.6 Å². The quantitative estimate of drug-likeness (QED) is 0.662. The molecule has 1 amide bonds. The molecule has 2 aromatic heterocycles. The maximum Gasteiger partial charge on any atom is 0.367 e. The fourth-order valence-electron chi connectivity index (χ4n) is 2.74. The highest BCUT2D eigenvalue weighted by Gasteiger charge is 2.33. The summed E-state index contributed by atoms with van der Waals surface area (Å²) < 4.78 is 26.0. The van der Waals surface area contributed by atoms with Crippen LogP contribution in [0.15, 0.2) is 46.2 Å². The molecule has 1 aromatic carbocycles. The Morgan fingerprint density at radius 1 is 1.07 bits per heavy atom. The number of nitrogens with one attached hydrogen (secondary N) is 1. The second-order valence-electron chi connectivity index (χ2n) is 8.32. The van der Waals surface area contributed by atoms with Crippen molar-refractivity contribution >= 4 is 27.1 Å². The Bertz CT molecular complexity index is 1250. The van der Waals surface area contributed by atoms with Crippen molar-refractivity contribution in [3.63, 3.8) is 0 Å². The monoisotopic (exact) mass is 431 g/mol. The zero-order valence-corrected chi connectivity index (χ0v) is 18.4. The number of anilines is 1. The molecule has 0 aliphatic carbocycles. The highest BCUT2D eigenvalue weighted by Crippen LogP contribution is 2.22. The van der Waals surface area contributed by atoms with Crippen LogP contribution in [0.25, 0.3) is 5.65 Å². The van der Waals surface area contributed by atoms with Crippen molar-refractivity contribution in [2.45, 2.75) is 56.9 Å². The van der Waals surface area contributed by atoms with E-state index >= 15 is 0 Å². The van der Waals surface area contributed by atoms with E-state index in [4.69, 9.17) is 0 Å². The van der Waals surface area contributed by atoms with Crippen molar-refractivity contribution in [1.82, 2.24) is 19.4 Å². The first-order valence-electron chi connectivity index (χ1n) is 9.51. The van der Waals surface area contributed by atoms with Crippen LogP contribution in [0.2, 0.25) is 0 Å². The van der Waals surface area contributed by atoms with Gasteiger partial charge >= 0.3 is 5.69 Å². The minimum absolute atomic E-state index is 0.155. The summed E-state index contributed by atoms with van der Waals surface area (Å²) >= 11 is 0. The van der Waals surface area contributed by atoms with Gasteiger partial charge in [-0.1, -0.05) is 26.0 Å². The summed E-state index contributed by atoms with van der Waals surface area (Å²) in [6.45, 7) is 8.50. The molecule has 2 heterocycles. The van der Waals surface area contributed by atoms with Gasteiger partial charge in [-0.25, -0.2) is 17.9 Å². The largest absolute Gasteiger partial charge is 0.367 e. The number of aromatic nitrogens is 4. The van der Waals surface area contributed by atoms with Crippen LogP contribution >= 0.6 is 0 Å². The molecule has 0 unspecified atom stereocenters. The van der Waals surface area contributed by atoms with Gasteiger partial charge in [-0.2, -0.15) is 4.52 Å². The minimum Gasteiger partial charge on any atom is -0.324 e. The third-order valence-corrected chi connectivity index (χ3v) is 7.03. The number of nitrogens with zero attached hydrogens (tertiary/aromatic N) is 4. The van der Waals surface area contributed by atoms with Crippen LogP contribution in [0.4, 0.5) is 5.69 Å². The van der Waals surface area contributed by atoms with Crippen LogP contribution in [-0.4, -0.2) is 38.5 Å². The van der Waals surface area contributed by atoms with Crippen LogP contribution in [0.5, 0.6) is 0 Å². The SMILES string of the molecule is CC(C)c1ccc(NC(=O)Cn2nc3ccc(S(=O)(=O)C(C)(C)C)nn3c2=O)cc1. The molecule has 30 heavy (non-hydrogen) atoms. The molecular formula is C20H25N5O4S. The first-order valence-corrected chi connectivity index (χ1v) is 11.0. The zero-order chi connectivity index (χ0) is 22.3. The van der Waals surface area contributed by atoms with Gasteiger partial charge in [-0.05, 0) is 56.5 Å². The number of carbonyl (C=O) groups is 1. The molecule has 9 nitrogen and oxygen atoms in total. The lowest BCUT2D eigenvalue weighted by Crippen LogP contribution is -2.31. The van der Waals surface area contributed by atoms with E-state index in [1.165, 1.54) is 12.1 Å². The van der Waals surface area contributed by atoms with Crippen LogP contribution in [0.3, 0.4) is 0 Å². The molecule has 0 radical (unpaired) electrons. The van der Waals surface area contributed by atoms with Crippen molar-refractivity contribution in [3.8, 4) is 0 Å². The molecule has 0 saturated carbocycles. The van der Waals surface area contributed by atoms with Crippen molar-refractivity contribution in [3.05, 3.63) is 52.4 Å². The molecule has 0 saturated heterocycles. The summed E-state index contributed by atoms with van der Waals surface area (Å²) in [5.41, 5.74) is 1.22. The van der Waals surface area contributed by atoms with E-state index in [2.05, 4.69) is 29.4 Å². The number of carbonyl (C=O) groups excluding carboxylic acids is 1. The van der Waals surface area contributed by atoms with Crippen molar-refractivity contribution in [2.75, 3.05) is 5.32 Å². The molecule has 1 N–H and O–H groups in total. The summed E-state index contributed by atoms with van der Waals surface area (Å²) in [6, 6.07) is 10.2. The Labute approximate surface area is 174 Å². The summed E-state index contributed by atoms with van der Waals surface area (Å²) in [6.07, 6.45) is 0. The summed E-state index contributed by atoms with van der Waals surface area (Å²) in [5.74, 6) is -0.0499. The lowest BCUT2D eigenvalue weighted by Gasteiger charge is -2.17. The second kappa shape index (κ2) is 7.67. The smallest absolute Gasteiger partial charge is 0.324 e. The Kier molecular flexibility index (Phi) is 5.55. The second-order valence-corrected chi connectivity index (χ2v) is 11.0. The molecule has 0 atom stereocenters. The topological polar surface area (TPSA) is 115 Å². The average Bonchev–Trinajstić information content (AvgIpc) is 2.96. The number of benzene rings is 1. The highest BCUT2D eigenvalue weighted by atomic mass is 32.2. The third kappa shape index (κ3) is 4.13. The van der Waals surface area contributed by atoms with Crippen LogP contribution in [-0.2, 0) is 21.2 Å². The predicted octanol–water partition coefficient (Wildman–Crippen LogP) is 2.23. The Balaban J connectivity index is 1.84. The lowest BCUT2D eigenvalue weighted by atomic mass is 10.0. The number of hydrogen-bond donors (Lipinski definition) is 1. The normalized spacial score (nSPS) is 12.5. The van der Waals surface area contributed by atoms with E-state index in [1.54, 1.807) is 32.9 Å². The standard InChI is InChI=1S/C20H25N5O4S/c1-13(2)14-6-8-15(9-7-14)21-17(26)12-24-19(27)25-16(22-24)10-11-18(23-25)30(28,29)20(3,4)5/h6-11,13H,12H2,1-5H3,(H,21,26). The van der Waals surface area contributed by atoms with Crippen molar-refractivity contribution in [1.29, 1.82) is 0 Å². The molecule has 0 aliphatic rings. The average molecular weight is 432 g/mol. The summed E-state index contributed by atoms with van der Waals surface area (Å²) in [5, 5.41) is 10.5. The van der Waals surface area contributed by atoms with E-state index in [1.807, 2.05) is 12.1 Å². The van der Waals surface area contributed by atoms with Gasteiger partial charge in [0.15, 0.2) is 10.7 Å². The van der Waals surface area contributed by atoms with Gasteiger partial charge in [0.25, 0.3) is 0 Å². The van der Waals surface area contributed by atoms with E-state index in [0.717, 1.165) is 14.8 Å². The molecule has 3 rings (SSSR count). The number of rotatable bonds is 5. The fraction of sp³-hybridized carbons (Fsp3) is 0.400. The van der Waals surface area contributed by atoms with Gasteiger partial charge in [-0.3, -0.25) is 4.79 Å². The molecule has 10 heteroatoms. The molecule has 0 spiro atoms. The zero-order valence-electron chi connectivity index (χ0n) is 17.6. The van der Waals surface area contributed by atoms with Gasteiger partial charge in [0, 0.05) is 5.69 Å². The fourth-order valence-corrected chi connectivity index (χ4v) is 3.80. The number of hydrogen-bond acceptors (Lipinski definition) is 6. The van der Waals surface area contributed by atoms with Gasteiger partial charge in [0.2, 0.25) is 15.7 Å². The summed E-state index contributed by atoms with van der Waals surface area (Å²) in [4.78, 5) is 24.9. The molecule has 0 aliphatic heterocycles. The van der Waals surface area contributed by atoms with Gasteiger partial charge in [-0.15, -0.1) is 10.2 Å². The number of fused-ring (bicyclic) bond motifs is 1. The van der Waals surface area contributed by atoms with Crippen molar-refractivity contribution in [2.24, 2.45) is 0 Å². The highest BCUT2D eigenvalue weighted by molar-refractivity contribution is 7.92. The van der Waals surface area contributed by atoms with Crippen molar-refractivity contribution < 1.29 is 13.2 Å². The lowest BCUT2D eigenvalue weighted by molar-refractivity contribution is -0.117. The van der Waals surface area contributed by atoms with Gasteiger partial charge in [0.05, 0.1) is 4.75 Å². The number of sulfone groups is 1. The molecule has 3 aromatic rings. The van der Waals surface area contributed by atoms with E-state index in [9.17, 15) is 18.0 Å². The Morgan fingerprint density at radius 3 is 2.27 bits per heavy atom. The maximum atomic E-state index is 12.6. The predicted molar refractivity (Wildman–Crippen MR) is 113 cm³/mol. The molecule has 160 valence electrons. The molecular weight excluding hydrogens is 406 g/mol. The van der Waals surface area contributed by atoms with Gasteiger partial charge < -0.3 is 5.32 Å². The van der Waals surface area contributed by atoms with Gasteiger partial charge in [0.1, 0.15) is 6.54 Å². The summed E-state index contributed by atoms with van der Waals surface area (Å²) in [7, 11) is -3.74. The molecule has 0 fully saturated rings. The Morgan fingerprint density at radius 2 is 1.70 bits per heavy atom.